The zero-order valence-corrected chi connectivity index (χ0v) is 10.0. The van der Waals surface area contributed by atoms with Crippen molar-refractivity contribution < 1.29 is 23.9 Å². The second-order valence-corrected chi connectivity index (χ2v) is 4.18. The Bertz CT molecular complexity index is 573. The Kier molecular flexibility index (Phi) is 3.20. The van der Waals surface area contributed by atoms with E-state index in [2.05, 4.69) is 5.32 Å². The highest BCUT2D eigenvalue weighted by Gasteiger charge is 2.37. The number of phenols is 1. The number of nitrogens with one attached hydrogen (secondary N) is 1. The van der Waals surface area contributed by atoms with Crippen LogP contribution in [-0.4, -0.2) is 40.8 Å². The fourth-order valence-corrected chi connectivity index (χ4v) is 1.79. The molecule has 3 amide bonds. The van der Waals surface area contributed by atoms with Gasteiger partial charge in [-0.25, -0.2) is 4.39 Å². The molecule has 1 aliphatic rings. The summed E-state index contributed by atoms with van der Waals surface area (Å²) < 4.78 is 13.0. The molecule has 0 saturated carbocycles. The Morgan fingerprint density at radius 2 is 2.16 bits per heavy atom. The summed E-state index contributed by atoms with van der Waals surface area (Å²) in [5, 5.41) is 11.8. The van der Waals surface area contributed by atoms with E-state index in [9.17, 15) is 23.9 Å². The van der Waals surface area contributed by atoms with E-state index in [1.165, 1.54) is 7.05 Å². The van der Waals surface area contributed by atoms with Crippen LogP contribution in [0.15, 0.2) is 18.2 Å². The number of rotatable bonds is 2. The van der Waals surface area contributed by atoms with Crippen molar-refractivity contribution >= 4 is 17.7 Å². The fraction of sp³-hybridized carbons (Fsp3) is 0.250. The lowest BCUT2D eigenvalue weighted by atomic mass is 10.1. The van der Waals surface area contributed by atoms with E-state index in [0.29, 0.717) is 0 Å². The van der Waals surface area contributed by atoms with Crippen molar-refractivity contribution in [1.82, 2.24) is 10.2 Å². The summed E-state index contributed by atoms with van der Waals surface area (Å²) in [5.41, 5.74) is -0.283. The molecular weight excluding hydrogens is 255 g/mol. The summed E-state index contributed by atoms with van der Waals surface area (Å²) >= 11 is 0. The van der Waals surface area contributed by atoms with Crippen LogP contribution in [-0.2, 0) is 9.59 Å². The van der Waals surface area contributed by atoms with Crippen molar-refractivity contribution in [2.75, 3.05) is 7.05 Å². The summed E-state index contributed by atoms with van der Waals surface area (Å²) in [6.07, 6.45) is -0.142. The minimum absolute atomic E-state index is 0.142. The van der Waals surface area contributed by atoms with Crippen LogP contribution >= 0.6 is 0 Å². The van der Waals surface area contributed by atoms with Gasteiger partial charge in [-0.1, -0.05) is 0 Å². The quantitative estimate of drug-likeness (QED) is 0.739. The number of hydrogen-bond donors (Lipinski definition) is 2. The zero-order valence-electron chi connectivity index (χ0n) is 10.0. The van der Waals surface area contributed by atoms with E-state index in [1.54, 1.807) is 0 Å². The fourth-order valence-electron chi connectivity index (χ4n) is 1.79. The zero-order chi connectivity index (χ0) is 14.2. The lowest BCUT2D eigenvalue weighted by Gasteiger charge is -2.11. The molecule has 1 aliphatic heterocycles. The number of nitrogens with zero attached hydrogens (tertiary/aromatic N) is 1. The maximum Gasteiger partial charge on any atom is 0.255 e. The first-order valence-corrected chi connectivity index (χ1v) is 5.50. The Labute approximate surface area is 107 Å². The molecule has 1 aromatic rings. The third kappa shape index (κ3) is 2.40. The van der Waals surface area contributed by atoms with Crippen molar-refractivity contribution in [2.45, 2.75) is 12.5 Å². The molecule has 0 radical (unpaired) electrons. The highest BCUT2D eigenvalue weighted by Crippen LogP contribution is 2.19. The van der Waals surface area contributed by atoms with E-state index in [-0.39, 0.29) is 12.0 Å². The second kappa shape index (κ2) is 4.68. The molecule has 2 N–H and O–H groups in total. The molecule has 0 bridgehead atoms. The third-order valence-corrected chi connectivity index (χ3v) is 2.89. The van der Waals surface area contributed by atoms with Gasteiger partial charge in [0.25, 0.3) is 11.8 Å². The van der Waals surface area contributed by atoms with Gasteiger partial charge in [-0.15, -0.1) is 0 Å². The van der Waals surface area contributed by atoms with Crippen LogP contribution in [0.2, 0.25) is 0 Å². The molecule has 1 fully saturated rings. The minimum atomic E-state index is -0.979. The predicted octanol–water partition coefficient (Wildman–Crippen LogP) is 0.0184. The average Bonchev–Trinajstić information content (AvgIpc) is 2.60. The Balaban J connectivity index is 2.16. The van der Waals surface area contributed by atoms with E-state index in [0.717, 1.165) is 23.1 Å². The molecule has 0 aliphatic carbocycles. The van der Waals surface area contributed by atoms with Gasteiger partial charge < -0.3 is 10.4 Å². The van der Waals surface area contributed by atoms with Crippen LogP contribution in [0.25, 0.3) is 0 Å². The van der Waals surface area contributed by atoms with Crippen molar-refractivity contribution in [1.29, 1.82) is 0 Å². The van der Waals surface area contributed by atoms with Gasteiger partial charge in [-0.3, -0.25) is 19.3 Å². The Hall–Kier alpha value is -2.44. The van der Waals surface area contributed by atoms with Gasteiger partial charge in [0, 0.05) is 7.05 Å². The first kappa shape index (κ1) is 13.0. The number of carbonyl (C=O) groups excluding carboxylic acids is 3. The predicted molar refractivity (Wildman–Crippen MR) is 61.7 cm³/mol. The van der Waals surface area contributed by atoms with Crippen LogP contribution in [0.4, 0.5) is 4.39 Å². The molecular formula is C12H11FN2O4. The van der Waals surface area contributed by atoms with E-state index in [4.69, 9.17) is 0 Å². The monoisotopic (exact) mass is 266 g/mol. The van der Waals surface area contributed by atoms with Crippen molar-refractivity contribution in [3.63, 3.8) is 0 Å². The number of hydrogen-bond acceptors (Lipinski definition) is 4. The highest BCUT2D eigenvalue weighted by molar-refractivity contribution is 6.08. The molecule has 1 atom stereocenters. The van der Waals surface area contributed by atoms with Crippen LogP contribution in [0.3, 0.4) is 0 Å². The summed E-state index contributed by atoms with van der Waals surface area (Å²) in [5.74, 6) is -2.83. The number of carbonyl (C=O) groups is 3. The molecule has 6 nitrogen and oxygen atoms in total. The standard InChI is InChI=1S/C12H11FN2O4/c1-15-10(17)5-8(12(15)19)14-11(18)7-4-6(13)2-3-9(7)16/h2-4,8,16H,5H2,1H3,(H,14,18). The van der Waals surface area contributed by atoms with Crippen LogP contribution in [0, 0.1) is 5.82 Å². The Morgan fingerprint density at radius 1 is 1.47 bits per heavy atom. The second-order valence-electron chi connectivity index (χ2n) is 4.18. The number of amides is 3. The summed E-state index contributed by atoms with van der Waals surface area (Å²) in [6, 6.07) is 1.92. The normalized spacial score (nSPS) is 18.8. The van der Waals surface area contributed by atoms with Crippen LogP contribution < -0.4 is 5.32 Å². The van der Waals surface area contributed by atoms with Crippen molar-refractivity contribution in [3.05, 3.63) is 29.6 Å². The first-order chi connectivity index (χ1) is 8.90. The lowest BCUT2D eigenvalue weighted by Crippen LogP contribution is -2.40. The van der Waals surface area contributed by atoms with Crippen LogP contribution in [0.1, 0.15) is 16.8 Å². The minimum Gasteiger partial charge on any atom is -0.507 e. The summed E-state index contributed by atoms with van der Waals surface area (Å²) in [7, 11) is 1.32. The molecule has 0 aromatic heterocycles. The topological polar surface area (TPSA) is 86.7 Å². The number of likely N-dealkylation sites (N-methyl/N-ethyl adjacent to an activating group) is 1. The largest absolute Gasteiger partial charge is 0.507 e. The molecule has 1 aromatic carbocycles. The maximum atomic E-state index is 13.0. The maximum absolute atomic E-state index is 13.0. The smallest absolute Gasteiger partial charge is 0.255 e. The molecule has 1 saturated heterocycles. The van der Waals surface area contributed by atoms with E-state index in [1.807, 2.05) is 0 Å². The lowest BCUT2D eigenvalue weighted by molar-refractivity contribution is -0.137. The molecule has 1 heterocycles. The molecule has 0 spiro atoms. The molecule has 19 heavy (non-hydrogen) atoms. The highest BCUT2D eigenvalue weighted by atomic mass is 19.1. The molecule has 2 rings (SSSR count). The van der Waals surface area contributed by atoms with Crippen molar-refractivity contribution in [2.24, 2.45) is 0 Å². The van der Waals surface area contributed by atoms with Gasteiger partial charge in [-0.05, 0) is 18.2 Å². The van der Waals surface area contributed by atoms with Gasteiger partial charge in [-0.2, -0.15) is 0 Å². The van der Waals surface area contributed by atoms with Gasteiger partial charge >= 0.3 is 0 Å². The molecule has 1 unspecified atom stereocenters. The first-order valence-electron chi connectivity index (χ1n) is 5.50. The number of aromatic hydroxyl groups is 1. The third-order valence-electron chi connectivity index (χ3n) is 2.89. The van der Waals surface area contributed by atoms with Crippen LogP contribution in [0.5, 0.6) is 5.75 Å². The Morgan fingerprint density at radius 3 is 2.74 bits per heavy atom. The number of likely N-dealkylation sites (tertiary alicyclic amines) is 1. The number of phenolic OH excluding ortho intramolecular Hbond substituents is 1. The number of imide groups is 1. The summed E-state index contributed by atoms with van der Waals surface area (Å²) in [6.45, 7) is 0. The van der Waals surface area contributed by atoms with Crippen molar-refractivity contribution in [3.8, 4) is 5.75 Å². The van der Waals surface area contributed by atoms with Gasteiger partial charge in [0.2, 0.25) is 5.91 Å². The van der Waals surface area contributed by atoms with E-state index >= 15 is 0 Å². The van der Waals surface area contributed by atoms with E-state index < -0.39 is 35.3 Å². The number of benzene rings is 1. The molecule has 7 heteroatoms. The number of halogens is 1. The van der Waals surface area contributed by atoms with Gasteiger partial charge in [0.1, 0.15) is 17.6 Å². The van der Waals surface area contributed by atoms with Gasteiger partial charge in [0.15, 0.2) is 0 Å². The summed E-state index contributed by atoms with van der Waals surface area (Å²) in [4.78, 5) is 35.6. The SMILES string of the molecule is CN1C(=O)CC(NC(=O)c2cc(F)ccc2O)C1=O. The average molecular weight is 266 g/mol. The van der Waals surface area contributed by atoms with Gasteiger partial charge in [0.05, 0.1) is 12.0 Å². The molecule has 100 valence electrons.